The molecular formula is C15H18N4O3. The predicted octanol–water partition coefficient (Wildman–Crippen LogP) is 0.909. The van der Waals surface area contributed by atoms with Gasteiger partial charge < -0.3 is 14.8 Å². The zero-order valence-corrected chi connectivity index (χ0v) is 12.1. The molecule has 116 valence electrons. The van der Waals surface area contributed by atoms with Crippen LogP contribution >= 0.6 is 0 Å². The molecule has 0 bridgehead atoms. The van der Waals surface area contributed by atoms with Crippen LogP contribution in [-0.4, -0.2) is 46.4 Å². The van der Waals surface area contributed by atoms with E-state index >= 15 is 0 Å². The average molecular weight is 302 g/mol. The molecule has 0 unspecified atom stereocenters. The van der Waals surface area contributed by atoms with Crippen molar-refractivity contribution in [2.45, 2.75) is 25.2 Å². The molecule has 22 heavy (non-hydrogen) atoms. The standard InChI is InChI=1S/C15H18N4O3/c20-15(11-7-17-18-8-11)19-13-10-21-6-4-14(13)22-9-12-3-1-2-5-16-12/h1-3,5,7-8,13-14H,4,6,9-10H2,(H,17,18)(H,19,20)/t13-,14-/m1/s1. The number of carbonyl (C=O) groups excluding carboxylic acids is 1. The van der Waals surface area contributed by atoms with Crippen LogP contribution in [0.15, 0.2) is 36.8 Å². The maximum atomic E-state index is 12.1. The van der Waals surface area contributed by atoms with Crippen LogP contribution in [0.2, 0.25) is 0 Å². The highest BCUT2D eigenvalue weighted by Gasteiger charge is 2.28. The van der Waals surface area contributed by atoms with Crippen LogP contribution in [0.1, 0.15) is 22.5 Å². The van der Waals surface area contributed by atoms with E-state index in [0.717, 1.165) is 12.1 Å². The Labute approximate surface area is 128 Å². The van der Waals surface area contributed by atoms with Crippen LogP contribution in [0.3, 0.4) is 0 Å². The maximum Gasteiger partial charge on any atom is 0.254 e. The van der Waals surface area contributed by atoms with Crippen molar-refractivity contribution in [3.63, 3.8) is 0 Å². The number of ether oxygens (including phenoxy) is 2. The number of aromatic amines is 1. The number of nitrogens with one attached hydrogen (secondary N) is 2. The summed E-state index contributed by atoms with van der Waals surface area (Å²) >= 11 is 0. The van der Waals surface area contributed by atoms with Gasteiger partial charge in [-0.15, -0.1) is 0 Å². The lowest BCUT2D eigenvalue weighted by atomic mass is 10.1. The largest absolute Gasteiger partial charge is 0.379 e. The van der Waals surface area contributed by atoms with Gasteiger partial charge in [-0.1, -0.05) is 6.07 Å². The summed E-state index contributed by atoms with van der Waals surface area (Å²) in [4.78, 5) is 16.3. The first-order valence-electron chi connectivity index (χ1n) is 7.22. The number of carbonyl (C=O) groups is 1. The lowest BCUT2D eigenvalue weighted by Gasteiger charge is -2.31. The van der Waals surface area contributed by atoms with E-state index in [1.165, 1.54) is 6.20 Å². The van der Waals surface area contributed by atoms with Crippen molar-refractivity contribution in [1.29, 1.82) is 0 Å². The van der Waals surface area contributed by atoms with Gasteiger partial charge in [0.1, 0.15) is 0 Å². The topological polar surface area (TPSA) is 89.1 Å². The van der Waals surface area contributed by atoms with E-state index in [4.69, 9.17) is 9.47 Å². The van der Waals surface area contributed by atoms with Gasteiger partial charge in [-0.05, 0) is 18.6 Å². The second-order valence-electron chi connectivity index (χ2n) is 5.10. The lowest BCUT2D eigenvalue weighted by Crippen LogP contribution is -2.50. The molecule has 0 saturated carbocycles. The molecule has 1 fully saturated rings. The Balaban J connectivity index is 1.57. The van der Waals surface area contributed by atoms with Crippen molar-refractivity contribution in [3.05, 3.63) is 48.0 Å². The molecule has 0 aliphatic carbocycles. The van der Waals surface area contributed by atoms with E-state index in [1.807, 2.05) is 18.2 Å². The Bertz CT molecular complexity index is 588. The van der Waals surface area contributed by atoms with Crippen molar-refractivity contribution < 1.29 is 14.3 Å². The average Bonchev–Trinajstić information content (AvgIpc) is 3.10. The van der Waals surface area contributed by atoms with Crippen molar-refractivity contribution in [2.75, 3.05) is 13.2 Å². The van der Waals surface area contributed by atoms with Gasteiger partial charge in [0.25, 0.3) is 5.91 Å². The van der Waals surface area contributed by atoms with Crippen LogP contribution in [-0.2, 0) is 16.1 Å². The number of aromatic nitrogens is 3. The van der Waals surface area contributed by atoms with Gasteiger partial charge in [-0.3, -0.25) is 14.9 Å². The van der Waals surface area contributed by atoms with Crippen molar-refractivity contribution in [2.24, 2.45) is 0 Å². The third-order valence-corrected chi connectivity index (χ3v) is 3.54. The van der Waals surface area contributed by atoms with E-state index in [-0.39, 0.29) is 18.1 Å². The first kappa shape index (κ1) is 14.7. The van der Waals surface area contributed by atoms with E-state index in [2.05, 4.69) is 20.5 Å². The highest BCUT2D eigenvalue weighted by atomic mass is 16.5. The number of hydrogen-bond donors (Lipinski definition) is 2. The Hall–Kier alpha value is -2.25. The second kappa shape index (κ2) is 7.15. The summed E-state index contributed by atoms with van der Waals surface area (Å²) < 4.78 is 11.4. The quantitative estimate of drug-likeness (QED) is 0.857. The van der Waals surface area contributed by atoms with Crippen LogP contribution in [0.5, 0.6) is 0 Å². The van der Waals surface area contributed by atoms with Crippen molar-refractivity contribution in [3.8, 4) is 0 Å². The number of nitrogens with zero attached hydrogens (tertiary/aromatic N) is 2. The van der Waals surface area contributed by atoms with Gasteiger partial charge in [0.2, 0.25) is 0 Å². The smallest absolute Gasteiger partial charge is 0.254 e. The SMILES string of the molecule is O=C(N[C@@H]1COCC[C@H]1OCc1ccccn1)c1cn[nH]c1. The summed E-state index contributed by atoms with van der Waals surface area (Å²) in [5, 5.41) is 9.34. The first-order chi connectivity index (χ1) is 10.8. The maximum absolute atomic E-state index is 12.1. The summed E-state index contributed by atoms with van der Waals surface area (Å²) in [6.07, 6.45) is 5.43. The fraction of sp³-hybridized carbons (Fsp3) is 0.400. The molecule has 2 aromatic rings. The van der Waals surface area contributed by atoms with E-state index in [1.54, 1.807) is 12.4 Å². The molecule has 1 aliphatic heterocycles. The molecule has 1 saturated heterocycles. The zero-order valence-electron chi connectivity index (χ0n) is 12.1. The molecule has 0 spiro atoms. The molecule has 0 radical (unpaired) electrons. The summed E-state index contributed by atoms with van der Waals surface area (Å²) in [7, 11) is 0. The Kier molecular flexibility index (Phi) is 4.77. The van der Waals surface area contributed by atoms with Crippen LogP contribution in [0.25, 0.3) is 0 Å². The predicted molar refractivity (Wildman–Crippen MR) is 78.1 cm³/mol. The Morgan fingerprint density at radius 2 is 2.45 bits per heavy atom. The number of pyridine rings is 1. The highest BCUT2D eigenvalue weighted by molar-refractivity contribution is 5.93. The van der Waals surface area contributed by atoms with Crippen molar-refractivity contribution in [1.82, 2.24) is 20.5 Å². The van der Waals surface area contributed by atoms with E-state index in [9.17, 15) is 4.79 Å². The monoisotopic (exact) mass is 302 g/mol. The fourth-order valence-corrected chi connectivity index (χ4v) is 2.36. The van der Waals surface area contributed by atoms with E-state index < -0.39 is 0 Å². The van der Waals surface area contributed by atoms with Gasteiger partial charge >= 0.3 is 0 Å². The van der Waals surface area contributed by atoms with Gasteiger partial charge in [0.15, 0.2) is 0 Å². The van der Waals surface area contributed by atoms with Gasteiger partial charge in [0, 0.05) is 19.0 Å². The summed E-state index contributed by atoms with van der Waals surface area (Å²) in [6.45, 7) is 1.49. The van der Waals surface area contributed by atoms with Gasteiger partial charge in [0.05, 0.1) is 42.8 Å². The van der Waals surface area contributed by atoms with Crippen LogP contribution in [0.4, 0.5) is 0 Å². The normalized spacial score (nSPS) is 21.5. The molecule has 0 aromatic carbocycles. The molecule has 1 amide bonds. The minimum atomic E-state index is -0.185. The number of hydrogen-bond acceptors (Lipinski definition) is 5. The summed E-state index contributed by atoms with van der Waals surface area (Å²) in [5.74, 6) is -0.185. The summed E-state index contributed by atoms with van der Waals surface area (Å²) in [5.41, 5.74) is 1.36. The third-order valence-electron chi connectivity index (χ3n) is 3.54. The third kappa shape index (κ3) is 3.69. The molecule has 1 aliphatic rings. The van der Waals surface area contributed by atoms with E-state index in [0.29, 0.717) is 25.4 Å². The molecule has 2 N–H and O–H groups in total. The van der Waals surface area contributed by atoms with Gasteiger partial charge in [-0.25, -0.2) is 0 Å². The Morgan fingerprint density at radius 1 is 1.50 bits per heavy atom. The first-order valence-corrected chi connectivity index (χ1v) is 7.22. The molecule has 7 nitrogen and oxygen atoms in total. The summed E-state index contributed by atoms with van der Waals surface area (Å²) in [6, 6.07) is 5.53. The van der Waals surface area contributed by atoms with Crippen LogP contribution < -0.4 is 5.32 Å². The van der Waals surface area contributed by atoms with Crippen LogP contribution in [0, 0.1) is 0 Å². The highest BCUT2D eigenvalue weighted by Crippen LogP contribution is 2.14. The lowest BCUT2D eigenvalue weighted by molar-refractivity contribution is -0.0612. The second-order valence-corrected chi connectivity index (χ2v) is 5.10. The number of H-pyrrole nitrogens is 1. The molecular weight excluding hydrogens is 284 g/mol. The molecule has 2 atom stereocenters. The minimum Gasteiger partial charge on any atom is -0.379 e. The number of amides is 1. The van der Waals surface area contributed by atoms with Crippen molar-refractivity contribution >= 4 is 5.91 Å². The molecule has 2 aromatic heterocycles. The number of rotatable bonds is 5. The molecule has 3 heterocycles. The van der Waals surface area contributed by atoms with Gasteiger partial charge in [-0.2, -0.15) is 5.10 Å². The fourth-order valence-electron chi connectivity index (χ4n) is 2.36. The molecule has 3 rings (SSSR count). The minimum absolute atomic E-state index is 0.0911. The molecule has 7 heteroatoms. The zero-order chi connectivity index (χ0) is 15.2. The Morgan fingerprint density at radius 3 is 3.23 bits per heavy atom.